The van der Waals surface area contributed by atoms with Gasteiger partial charge in [0.05, 0.1) is 23.5 Å². The number of rotatable bonds is 4. The van der Waals surface area contributed by atoms with Crippen molar-refractivity contribution < 1.29 is 13.2 Å². The lowest BCUT2D eigenvalue weighted by atomic mass is 10.1. The number of amides is 1. The van der Waals surface area contributed by atoms with Crippen molar-refractivity contribution in [2.24, 2.45) is 7.05 Å². The van der Waals surface area contributed by atoms with Crippen LogP contribution in [0.2, 0.25) is 0 Å². The zero-order chi connectivity index (χ0) is 23.3. The summed E-state index contributed by atoms with van der Waals surface area (Å²) in [7, 11) is -1.41. The van der Waals surface area contributed by atoms with Crippen molar-refractivity contribution in [3.05, 3.63) is 41.7 Å². The van der Waals surface area contributed by atoms with Gasteiger partial charge in [0.2, 0.25) is 10.0 Å². The second-order valence-electron chi connectivity index (χ2n) is 8.58. The van der Waals surface area contributed by atoms with E-state index in [1.165, 1.54) is 10.6 Å². The number of carbonyl (C=O) groups excluding carboxylic acids is 1. The molecular formula is C22H25N7O3S. The molecule has 1 aromatic carbocycles. The van der Waals surface area contributed by atoms with Crippen molar-refractivity contribution in [3.63, 3.8) is 0 Å². The Balaban J connectivity index is 1.46. The number of carbonyl (C=O) groups is 1. The minimum atomic E-state index is -3.29. The molecule has 2 N–H and O–H groups in total. The molecule has 172 valence electrons. The quantitative estimate of drug-likeness (QED) is 0.473. The number of aryl methyl sites for hydroxylation is 2. The van der Waals surface area contributed by atoms with Gasteiger partial charge < -0.3 is 10.3 Å². The van der Waals surface area contributed by atoms with Crippen molar-refractivity contribution >= 4 is 38.0 Å². The monoisotopic (exact) mass is 467 g/mol. The third kappa shape index (κ3) is 3.98. The summed E-state index contributed by atoms with van der Waals surface area (Å²) >= 11 is 0. The van der Waals surface area contributed by atoms with Gasteiger partial charge in [-0.3, -0.25) is 9.48 Å². The predicted octanol–water partition coefficient (Wildman–Crippen LogP) is 1.97. The average molecular weight is 468 g/mol. The standard InChI is InChI=1S/C22H25N7O3S/c1-13-6-7-15-18(9-13)28(2)27-19(15)17-11-24-21-20(26-17)16(10-23-21)22(30)25-14-5-4-8-29(12-14)33(3,31)32/h6-7,9-11,14H,4-5,8,12H2,1-3H3,(H,23,24)(H,25,30)/t14-/m1/s1. The Labute approximate surface area is 191 Å². The molecular weight excluding hydrogens is 442 g/mol. The first kappa shape index (κ1) is 21.5. The molecule has 0 bridgehead atoms. The Hall–Kier alpha value is -3.31. The third-order valence-corrected chi connectivity index (χ3v) is 7.33. The molecule has 1 aliphatic rings. The van der Waals surface area contributed by atoms with E-state index in [0.29, 0.717) is 41.1 Å². The molecule has 33 heavy (non-hydrogen) atoms. The summed E-state index contributed by atoms with van der Waals surface area (Å²) in [5.74, 6) is -0.311. The van der Waals surface area contributed by atoms with Gasteiger partial charge in [0.25, 0.3) is 5.91 Å². The van der Waals surface area contributed by atoms with E-state index < -0.39 is 10.0 Å². The van der Waals surface area contributed by atoms with Crippen LogP contribution in [0, 0.1) is 6.92 Å². The highest BCUT2D eigenvalue weighted by Crippen LogP contribution is 2.28. The number of H-pyrrole nitrogens is 1. The van der Waals surface area contributed by atoms with Crippen LogP contribution in [0.25, 0.3) is 33.5 Å². The third-order valence-electron chi connectivity index (χ3n) is 6.06. The summed E-state index contributed by atoms with van der Waals surface area (Å²) in [5.41, 5.74) is 4.73. The van der Waals surface area contributed by atoms with Crippen LogP contribution in [0.15, 0.2) is 30.6 Å². The molecule has 0 unspecified atom stereocenters. The maximum atomic E-state index is 13.1. The summed E-state index contributed by atoms with van der Waals surface area (Å²) in [6.45, 7) is 2.78. The molecule has 11 heteroatoms. The molecule has 1 fully saturated rings. The molecule has 4 aromatic rings. The van der Waals surface area contributed by atoms with Gasteiger partial charge in [0, 0.05) is 37.8 Å². The number of nitrogens with zero attached hydrogens (tertiary/aromatic N) is 5. The number of benzene rings is 1. The minimum Gasteiger partial charge on any atom is -0.348 e. The largest absolute Gasteiger partial charge is 0.348 e. The lowest BCUT2D eigenvalue weighted by molar-refractivity contribution is 0.0923. The van der Waals surface area contributed by atoms with Crippen molar-refractivity contribution in [3.8, 4) is 11.4 Å². The van der Waals surface area contributed by atoms with Crippen molar-refractivity contribution in [2.75, 3.05) is 19.3 Å². The van der Waals surface area contributed by atoms with E-state index in [2.05, 4.69) is 26.4 Å². The second kappa shape index (κ2) is 7.92. The zero-order valence-corrected chi connectivity index (χ0v) is 19.5. The van der Waals surface area contributed by atoms with E-state index in [-0.39, 0.29) is 18.5 Å². The van der Waals surface area contributed by atoms with Crippen LogP contribution in [-0.4, -0.2) is 68.7 Å². The Kier molecular flexibility index (Phi) is 5.17. The molecule has 5 rings (SSSR count). The number of piperidine rings is 1. The molecule has 4 heterocycles. The van der Waals surface area contributed by atoms with Gasteiger partial charge >= 0.3 is 0 Å². The summed E-state index contributed by atoms with van der Waals surface area (Å²) in [6.07, 6.45) is 5.84. The Bertz CT molecular complexity index is 1490. The predicted molar refractivity (Wildman–Crippen MR) is 125 cm³/mol. The van der Waals surface area contributed by atoms with Crippen LogP contribution in [0.1, 0.15) is 28.8 Å². The molecule has 10 nitrogen and oxygen atoms in total. The van der Waals surface area contributed by atoms with Gasteiger partial charge in [-0.25, -0.2) is 22.7 Å². The van der Waals surface area contributed by atoms with E-state index in [9.17, 15) is 13.2 Å². The number of fused-ring (bicyclic) bond motifs is 2. The van der Waals surface area contributed by atoms with Gasteiger partial charge in [-0.15, -0.1) is 0 Å². The van der Waals surface area contributed by atoms with Crippen LogP contribution in [-0.2, 0) is 17.1 Å². The van der Waals surface area contributed by atoms with E-state index in [1.807, 2.05) is 30.8 Å². The van der Waals surface area contributed by atoms with E-state index in [0.717, 1.165) is 22.9 Å². The van der Waals surface area contributed by atoms with Crippen LogP contribution >= 0.6 is 0 Å². The summed E-state index contributed by atoms with van der Waals surface area (Å²) in [4.78, 5) is 25.2. The lowest BCUT2D eigenvalue weighted by Gasteiger charge is -2.31. The Morgan fingerprint density at radius 2 is 2.12 bits per heavy atom. The highest BCUT2D eigenvalue weighted by atomic mass is 32.2. The maximum Gasteiger partial charge on any atom is 0.255 e. The van der Waals surface area contributed by atoms with Gasteiger partial charge in [0.15, 0.2) is 5.65 Å². The number of nitrogens with one attached hydrogen (secondary N) is 2. The summed E-state index contributed by atoms with van der Waals surface area (Å²) in [6, 6.07) is 5.85. The molecule has 3 aromatic heterocycles. The number of aromatic amines is 1. The van der Waals surface area contributed by atoms with Gasteiger partial charge in [-0.1, -0.05) is 12.1 Å². The topological polar surface area (TPSA) is 126 Å². The molecule has 0 saturated carbocycles. The molecule has 1 atom stereocenters. The first-order chi connectivity index (χ1) is 15.7. The second-order valence-corrected chi connectivity index (χ2v) is 10.6. The first-order valence-electron chi connectivity index (χ1n) is 10.7. The van der Waals surface area contributed by atoms with Crippen LogP contribution in [0.5, 0.6) is 0 Å². The smallest absolute Gasteiger partial charge is 0.255 e. The normalized spacial score (nSPS) is 17.6. The number of sulfonamides is 1. The molecule has 0 spiro atoms. The highest BCUT2D eigenvalue weighted by Gasteiger charge is 2.28. The fourth-order valence-corrected chi connectivity index (χ4v) is 5.27. The minimum absolute atomic E-state index is 0.259. The zero-order valence-electron chi connectivity index (χ0n) is 18.7. The maximum absolute atomic E-state index is 13.1. The number of hydrogen-bond acceptors (Lipinski definition) is 6. The SMILES string of the molecule is Cc1ccc2c(-c3cnc4[nH]cc(C(=O)N[C@@H]5CCCN(S(C)(=O)=O)C5)c4n3)nn(C)c2c1. The van der Waals surface area contributed by atoms with Gasteiger partial charge in [-0.2, -0.15) is 5.10 Å². The fraction of sp³-hybridized carbons (Fsp3) is 0.364. The average Bonchev–Trinajstić information content (AvgIpc) is 3.34. The first-order valence-corrected chi connectivity index (χ1v) is 12.6. The van der Waals surface area contributed by atoms with E-state index in [1.54, 1.807) is 12.4 Å². The number of hydrogen-bond donors (Lipinski definition) is 2. The summed E-state index contributed by atoms with van der Waals surface area (Å²) < 4.78 is 27.0. The van der Waals surface area contributed by atoms with Crippen molar-refractivity contribution in [1.29, 1.82) is 0 Å². The van der Waals surface area contributed by atoms with Crippen LogP contribution < -0.4 is 5.32 Å². The van der Waals surface area contributed by atoms with Crippen molar-refractivity contribution in [2.45, 2.75) is 25.8 Å². The molecule has 1 saturated heterocycles. The highest BCUT2D eigenvalue weighted by molar-refractivity contribution is 7.88. The number of aromatic nitrogens is 5. The molecule has 0 radical (unpaired) electrons. The van der Waals surface area contributed by atoms with Gasteiger partial charge in [-0.05, 0) is 31.4 Å². The summed E-state index contributed by atoms with van der Waals surface area (Å²) in [5, 5.41) is 8.55. The van der Waals surface area contributed by atoms with E-state index >= 15 is 0 Å². The van der Waals surface area contributed by atoms with Gasteiger partial charge in [0.1, 0.15) is 16.9 Å². The molecule has 0 aliphatic carbocycles. The molecule has 1 amide bonds. The molecule has 1 aliphatic heterocycles. The lowest BCUT2D eigenvalue weighted by Crippen LogP contribution is -2.49. The van der Waals surface area contributed by atoms with E-state index in [4.69, 9.17) is 4.98 Å². The Morgan fingerprint density at radius 1 is 1.30 bits per heavy atom. The van der Waals surface area contributed by atoms with Crippen LogP contribution in [0.3, 0.4) is 0 Å². The van der Waals surface area contributed by atoms with Crippen molar-refractivity contribution in [1.82, 2.24) is 34.4 Å². The Morgan fingerprint density at radius 3 is 2.91 bits per heavy atom. The fourth-order valence-electron chi connectivity index (χ4n) is 4.36. The van der Waals surface area contributed by atoms with Crippen LogP contribution in [0.4, 0.5) is 0 Å².